The Kier molecular flexibility index (Phi) is 6.98. The molecule has 1 saturated heterocycles. The van der Waals surface area contributed by atoms with Gasteiger partial charge in [-0.2, -0.15) is 9.94 Å². The molecule has 36 heavy (non-hydrogen) atoms. The van der Waals surface area contributed by atoms with E-state index in [0.29, 0.717) is 44.3 Å². The van der Waals surface area contributed by atoms with Gasteiger partial charge < -0.3 is 15.0 Å². The zero-order valence-corrected chi connectivity index (χ0v) is 21.6. The lowest BCUT2D eigenvalue weighted by atomic mass is 9.91. The first-order valence-corrected chi connectivity index (χ1v) is 12.8. The van der Waals surface area contributed by atoms with E-state index in [-0.39, 0.29) is 22.6 Å². The number of aromatic nitrogens is 3. The van der Waals surface area contributed by atoms with Crippen molar-refractivity contribution in [1.29, 1.82) is 0 Å². The molecule has 1 amide bonds. The van der Waals surface area contributed by atoms with Gasteiger partial charge in [0.25, 0.3) is 5.82 Å². The van der Waals surface area contributed by atoms with Gasteiger partial charge in [-0.1, -0.05) is 17.7 Å². The standard InChI is InChI=1S/C26H32ClN6O3/c1-4-35-23-17-33(36-5-2,24-8-6-7-12-28-24)13-11-20(23)26(34)32-16-18-15-29-31(3)25(18)30-21-14-19(27)9-10-22(21)32/h6-10,12,14-15,20,23,30H,4-5,11,13,16-17H2,1-3H3/q+1. The summed E-state index contributed by atoms with van der Waals surface area (Å²) in [5, 5.41) is 8.41. The molecule has 2 aliphatic rings. The summed E-state index contributed by atoms with van der Waals surface area (Å²) in [6, 6.07) is 11.4. The number of carbonyl (C=O) groups excluding carboxylic acids is 1. The Hall–Kier alpha value is -2.98. The second-order valence-electron chi connectivity index (χ2n) is 9.14. The van der Waals surface area contributed by atoms with E-state index in [1.165, 1.54) is 0 Å². The molecule has 10 heteroatoms. The van der Waals surface area contributed by atoms with Crippen molar-refractivity contribution in [3.63, 3.8) is 0 Å². The van der Waals surface area contributed by atoms with Crippen LogP contribution in [-0.2, 0) is 28.0 Å². The molecule has 0 spiro atoms. The number of fused-ring (bicyclic) bond motifs is 2. The number of amides is 1. The number of rotatable bonds is 6. The maximum absolute atomic E-state index is 14.3. The molecule has 0 saturated carbocycles. The molecule has 1 aromatic carbocycles. The van der Waals surface area contributed by atoms with E-state index in [1.54, 1.807) is 17.1 Å². The Bertz CT molecular complexity index is 1240. The number of hydroxylamine groups is 2. The summed E-state index contributed by atoms with van der Waals surface area (Å²) in [7, 11) is 1.88. The molecule has 3 atom stereocenters. The highest BCUT2D eigenvalue weighted by Gasteiger charge is 2.49. The molecular formula is C26H32ClN6O3+. The molecule has 9 nitrogen and oxygen atoms in total. The summed E-state index contributed by atoms with van der Waals surface area (Å²) in [5.41, 5.74) is 2.50. The Morgan fingerprint density at radius 1 is 1.25 bits per heavy atom. The number of nitrogens with zero attached hydrogens (tertiary/aromatic N) is 5. The summed E-state index contributed by atoms with van der Waals surface area (Å²) in [6.45, 7) is 6.52. The molecular weight excluding hydrogens is 480 g/mol. The molecule has 5 rings (SSSR count). The van der Waals surface area contributed by atoms with Crippen molar-refractivity contribution in [3.8, 4) is 0 Å². The van der Waals surface area contributed by atoms with Crippen LogP contribution in [0.25, 0.3) is 0 Å². The number of anilines is 3. The number of pyridine rings is 1. The Balaban J connectivity index is 1.49. The first kappa shape index (κ1) is 24.7. The topological polar surface area (TPSA) is 81.5 Å². The summed E-state index contributed by atoms with van der Waals surface area (Å²) >= 11 is 6.32. The zero-order chi connectivity index (χ0) is 25.3. The van der Waals surface area contributed by atoms with Crippen LogP contribution in [0.2, 0.25) is 5.02 Å². The van der Waals surface area contributed by atoms with Gasteiger partial charge in [0, 0.05) is 42.9 Å². The molecule has 3 unspecified atom stereocenters. The molecule has 1 fully saturated rings. The van der Waals surface area contributed by atoms with Gasteiger partial charge in [0.1, 0.15) is 31.6 Å². The van der Waals surface area contributed by atoms with E-state index < -0.39 is 0 Å². The van der Waals surface area contributed by atoms with Gasteiger partial charge in [-0.15, -0.1) is 4.65 Å². The molecule has 4 heterocycles. The lowest BCUT2D eigenvalue weighted by Crippen LogP contribution is -2.62. The third-order valence-electron chi connectivity index (χ3n) is 6.98. The number of carbonyl (C=O) groups is 1. The number of quaternary nitrogens is 1. The number of halogens is 1. The average Bonchev–Trinajstić information content (AvgIpc) is 3.13. The fraction of sp³-hybridized carbons (Fsp3) is 0.423. The fourth-order valence-corrected chi connectivity index (χ4v) is 5.50. The molecule has 2 aliphatic heterocycles. The van der Waals surface area contributed by atoms with Crippen molar-refractivity contribution >= 4 is 40.5 Å². The lowest BCUT2D eigenvalue weighted by molar-refractivity contribution is -0.193. The van der Waals surface area contributed by atoms with Gasteiger partial charge >= 0.3 is 0 Å². The number of aryl methyl sites for hydroxylation is 1. The second-order valence-corrected chi connectivity index (χ2v) is 9.58. The first-order chi connectivity index (χ1) is 17.5. The number of benzene rings is 1. The van der Waals surface area contributed by atoms with Crippen LogP contribution in [0.4, 0.5) is 23.0 Å². The minimum atomic E-state index is -0.331. The highest BCUT2D eigenvalue weighted by molar-refractivity contribution is 6.31. The number of hydrogen-bond acceptors (Lipinski definition) is 6. The van der Waals surface area contributed by atoms with Crippen LogP contribution in [0.1, 0.15) is 25.8 Å². The zero-order valence-electron chi connectivity index (χ0n) is 20.9. The van der Waals surface area contributed by atoms with E-state index in [9.17, 15) is 4.79 Å². The van der Waals surface area contributed by atoms with Crippen molar-refractivity contribution in [1.82, 2.24) is 19.4 Å². The second kappa shape index (κ2) is 10.2. The summed E-state index contributed by atoms with van der Waals surface area (Å²) in [5.74, 6) is 1.36. The summed E-state index contributed by atoms with van der Waals surface area (Å²) < 4.78 is 8.24. The number of nitrogens with one attached hydrogen (secondary N) is 1. The first-order valence-electron chi connectivity index (χ1n) is 12.4. The van der Waals surface area contributed by atoms with Crippen LogP contribution in [0.15, 0.2) is 48.8 Å². The normalized spacial score (nSPS) is 23.4. The monoisotopic (exact) mass is 511 g/mol. The fourth-order valence-electron chi connectivity index (χ4n) is 5.33. The van der Waals surface area contributed by atoms with E-state index in [1.807, 2.05) is 62.2 Å². The van der Waals surface area contributed by atoms with E-state index >= 15 is 0 Å². The van der Waals surface area contributed by atoms with Crippen molar-refractivity contribution in [3.05, 3.63) is 59.4 Å². The SMILES string of the molecule is CCOC1C[N+](OCC)(c2ccccn2)CCC1C(=O)N1Cc2cnn(C)c2Nc2cc(Cl)ccc21. The van der Waals surface area contributed by atoms with Crippen LogP contribution in [0, 0.1) is 5.92 Å². The van der Waals surface area contributed by atoms with E-state index in [4.69, 9.17) is 21.2 Å². The molecule has 190 valence electrons. The van der Waals surface area contributed by atoms with E-state index in [0.717, 1.165) is 28.6 Å². The largest absolute Gasteiger partial charge is 0.372 e. The van der Waals surface area contributed by atoms with Crippen LogP contribution >= 0.6 is 11.6 Å². The highest BCUT2D eigenvalue weighted by Crippen LogP contribution is 2.40. The minimum absolute atomic E-state index is 0.0193. The highest BCUT2D eigenvalue weighted by atomic mass is 35.5. The third kappa shape index (κ3) is 4.48. The van der Waals surface area contributed by atoms with Gasteiger partial charge in [0.15, 0.2) is 0 Å². The summed E-state index contributed by atoms with van der Waals surface area (Å²) in [6.07, 6.45) is 3.85. The Morgan fingerprint density at radius 2 is 2.11 bits per heavy atom. The van der Waals surface area contributed by atoms with Crippen molar-refractivity contribution in [2.75, 3.05) is 36.5 Å². The van der Waals surface area contributed by atoms with Gasteiger partial charge in [0.2, 0.25) is 5.91 Å². The molecule has 2 aromatic heterocycles. The Labute approximate surface area is 216 Å². The minimum Gasteiger partial charge on any atom is -0.372 e. The third-order valence-corrected chi connectivity index (χ3v) is 7.21. The average molecular weight is 512 g/mol. The molecule has 3 aromatic rings. The van der Waals surface area contributed by atoms with Crippen LogP contribution in [0.5, 0.6) is 0 Å². The number of piperidine rings is 1. The number of hydrogen-bond donors (Lipinski definition) is 1. The van der Waals surface area contributed by atoms with Gasteiger partial charge in [-0.05, 0) is 38.1 Å². The van der Waals surface area contributed by atoms with Crippen molar-refractivity contribution < 1.29 is 14.4 Å². The molecule has 0 radical (unpaired) electrons. The molecule has 1 N–H and O–H groups in total. The molecule has 0 aliphatic carbocycles. The van der Waals surface area contributed by atoms with Crippen LogP contribution < -0.4 is 14.9 Å². The predicted octanol–water partition coefficient (Wildman–Crippen LogP) is 4.44. The molecule has 0 bridgehead atoms. The van der Waals surface area contributed by atoms with Crippen molar-refractivity contribution in [2.24, 2.45) is 13.0 Å². The van der Waals surface area contributed by atoms with Gasteiger partial charge in [-0.3, -0.25) is 9.48 Å². The maximum Gasteiger partial charge on any atom is 0.260 e. The smallest absolute Gasteiger partial charge is 0.260 e. The van der Waals surface area contributed by atoms with Gasteiger partial charge in [-0.25, -0.2) is 4.98 Å². The van der Waals surface area contributed by atoms with Crippen LogP contribution in [-0.4, -0.2) is 53.1 Å². The van der Waals surface area contributed by atoms with Gasteiger partial charge in [0.05, 0.1) is 30.0 Å². The lowest BCUT2D eigenvalue weighted by Gasteiger charge is -2.43. The van der Waals surface area contributed by atoms with Crippen LogP contribution in [0.3, 0.4) is 0 Å². The van der Waals surface area contributed by atoms with Crippen molar-refractivity contribution in [2.45, 2.75) is 32.9 Å². The maximum atomic E-state index is 14.3. The quantitative estimate of drug-likeness (QED) is 0.493. The summed E-state index contributed by atoms with van der Waals surface area (Å²) in [4.78, 5) is 27.0. The van der Waals surface area contributed by atoms with E-state index in [2.05, 4.69) is 15.4 Å². The predicted molar refractivity (Wildman–Crippen MR) is 140 cm³/mol. The number of ether oxygens (including phenoxy) is 1. The Morgan fingerprint density at radius 3 is 2.86 bits per heavy atom.